The van der Waals surface area contributed by atoms with Crippen molar-refractivity contribution in [3.05, 3.63) is 22.9 Å². The van der Waals surface area contributed by atoms with Gasteiger partial charge in [0.2, 0.25) is 0 Å². The number of rotatable bonds is 8. The average Bonchev–Trinajstić information content (AvgIpc) is 2.32. The maximum atomic E-state index is 11.6. The number of hydrogen-bond acceptors (Lipinski definition) is 4. The molecule has 0 aliphatic rings. The highest BCUT2D eigenvalue weighted by atomic mass is 32.2. The van der Waals surface area contributed by atoms with Crippen molar-refractivity contribution >= 4 is 15.7 Å². The van der Waals surface area contributed by atoms with Crippen LogP contribution in [0.5, 0.6) is 11.5 Å². The van der Waals surface area contributed by atoms with Crippen LogP contribution in [-0.4, -0.2) is 33.9 Å². The number of hydrogen-bond donors (Lipinski definition) is 1. The zero-order valence-electron chi connectivity index (χ0n) is 11.3. The summed E-state index contributed by atoms with van der Waals surface area (Å²) in [5, 5.41) is 0. The van der Waals surface area contributed by atoms with E-state index in [4.69, 9.17) is 9.47 Å². The Morgan fingerprint density at radius 1 is 1.16 bits per heavy atom. The van der Waals surface area contributed by atoms with Crippen molar-refractivity contribution in [1.82, 2.24) is 0 Å². The molecule has 0 unspecified atom stereocenters. The second-order valence-electron chi connectivity index (χ2n) is 3.73. The molecule has 0 saturated heterocycles. The molecule has 0 bridgehead atoms. The molecule has 0 amide bonds. The molecule has 0 spiro atoms. The Bertz CT molecular complexity index is 502. The molecular weight excluding hydrogens is 268 g/mol. The summed E-state index contributed by atoms with van der Waals surface area (Å²) in [5.41, 5.74) is 3.85. The second-order valence-corrected chi connectivity index (χ2v) is 5.48. The molecule has 0 atom stereocenters. The lowest BCUT2D eigenvalue weighted by Crippen LogP contribution is -2.52. The molecule has 0 aliphatic carbocycles. The summed E-state index contributed by atoms with van der Waals surface area (Å²) >= 11 is 0. The number of nitrogens with zero attached hydrogens (tertiary/aromatic N) is 1. The van der Waals surface area contributed by atoms with E-state index in [0.717, 1.165) is 0 Å². The van der Waals surface area contributed by atoms with E-state index in [1.54, 1.807) is 18.2 Å². The maximum absolute atomic E-state index is 11.6. The van der Waals surface area contributed by atoms with Crippen LogP contribution in [0.2, 0.25) is 0 Å². The highest BCUT2D eigenvalue weighted by molar-refractivity contribution is 7.94. The molecule has 0 saturated carbocycles. The summed E-state index contributed by atoms with van der Waals surface area (Å²) in [6.07, 6.45) is 0. The van der Waals surface area contributed by atoms with E-state index in [9.17, 15) is 8.42 Å². The topological polar surface area (TPSA) is 94.3 Å². The lowest BCUT2D eigenvalue weighted by Gasteiger charge is -2.22. The fourth-order valence-corrected chi connectivity index (χ4v) is 2.38. The highest BCUT2D eigenvalue weighted by Crippen LogP contribution is 2.34. The largest absolute Gasteiger partial charge is 0.577 e. The molecule has 19 heavy (non-hydrogen) atoms. The molecular formula is C12H20N2O4S. The quantitative estimate of drug-likeness (QED) is 0.774. The van der Waals surface area contributed by atoms with Gasteiger partial charge in [0.15, 0.2) is 11.5 Å². The third-order valence-electron chi connectivity index (χ3n) is 2.17. The minimum absolute atomic E-state index is 0.0653. The van der Waals surface area contributed by atoms with Crippen LogP contribution in [0.25, 0.3) is 4.72 Å². The van der Waals surface area contributed by atoms with E-state index >= 15 is 0 Å². The normalized spacial score (nSPS) is 11.1. The lowest BCUT2D eigenvalue weighted by atomic mass is 10.3. The van der Waals surface area contributed by atoms with Crippen LogP contribution >= 0.6 is 0 Å². The van der Waals surface area contributed by atoms with Gasteiger partial charge in [0.1, 0.15) is 0 Å². The van der Waals surface area contributed by atoms with Gasteiger partial charge in [-0.15, -0.1) is 5.69 Å². The third kappa shape index (κ3) is 4.96. The Labute approximate surface area is 113 Å². The molecule has 108 valence electrons. The van der Waals surface area contributed by atoms with Gasteiger partial charge < -0.3 is 19.9 Å². The van der Waals surface area contributed by atoms with E-state index in [1.165, 1.54) is 0 Å². The highest BCUT2D eigenvalue weighted by Gasteiger charge is 2.05. The molecule has 3 N–H and O–H groups in total. The standard InChI is InChI=1S/C12H19N2O4S/c1-3-17-11-6-5-10(9-12(11)18-4-2)14-19(15,16)8-7-13/h5-6,9H,3-4,7-8,13H2,1-2H3/q-1/p+1. The molecule has 0 heterocycles. The van der Waals surface area contributed by atoms with Gasteiger partial charge in [-0.3, -0.25) is 0 Å². The van der Waals surface area contributed by atoms with E-state index < -0.39 is 10.0 Å². The summed E-state index contributed by atoms with van der Waals surface area (Å²) < 4.78 is 37.7. The SMILES string of the molecule is CCOc1ccc([N-]S(=O)(=O)CC[NH3+])cc1OCC. The van der Waals surface area contributed by atoms with Crippen LogP contribution in [0.15, 0.2) is 18.2 Å². The van der Waals surface area contributed by atoms with E-state index in [2.05, 4.69) is 10.5 Å². The van der Waals surface area contributed by atoms with Crippen molar-refractivity contribution in [2.24, 2.45) is 0 Å². The smallest absolute Gasteiger partial charge is 0.161 e. The number of quaternary nitrogens is 1. The fraction of sp³-hybridized carbons (Fsp3) is 0.500. The molecule has 0 aliphatic heterocycles. The van der Waals surface area contributed by atoms with Gasteiger partial charge in [0.05, 0.1) is 35.5 Å². The van der Waals surface area contributed by atoms with Crippen LogP contribution in [0, 0.1) is 0 Å². The van der Waals surface area contributed by atoms with Crippen LogP contribution in [0.1, 0.15) is 13.8 Å². The Morgan fingerprint density at radius 2 is 1.79 bits per heavy atom. The second kappa shape index (κ2) is 7.20. The first-order valence-corrected chi connectivity index (χ1v) is 7.78. The first kappa shape index (κ1) is 15.6. The molecule has 1 aromatic rings. The van der Waals surface area contributed by atoms with Crippen LogP contribution < -0.4 is 15.2 Å². The van der Waals surface area contributed by atoms with Crippen molar-refractivity contribution in [1.29, 1.82) is 0 Å². The molecule has 1 aromatic carbocycles. The van der Waals surface area contributed by atoms with Crippen molar-refractivity contribution in [3.8, 4) is 11.5 Å². The van der Waals surface area contributed by atoms with Crippen molar-refractivity contribution in [2.45, 2.75) is 13.8 Å². The molecule has 0 aromatic heterocycles. The molecule has 7 heteroatoms. The lowest BCUT2D eigenvalue weighted by molar-refractivity contribution is -0.360. The maximum Gasteiger partial charge on any atom is 0.161 e. The Balaban J connectivity index is 2.94. The minimum atomic E-state index is -3.48. The summed E-state index contributed by atoms with van der Waals surface area (Å²) in [6.45, 7) is 4.98. The van der Waals surface area contributed by atoms with Gasteiger partial charge in [0.25, 0.3) is 0 Å². The Kier molecular flexibility index (Phi) is 5.91. The predicted octanol–water partition coefficient (Wildman–Crippen LogP) is 1.06. The molecule has 0 radical (unpaired) electrons. The van der Waals surface area contributed by atoms with Gasteiger partial charge >= 0.3 is 0 Å². The van der Waals surface area contributed by atoms with Gasteiger partial charge in [0, 0.05) is 0 Å². The molecule has 1 rings (SSSR count). The van der Waals surface area contributed by atoms with Crippen molar-refractivity contribution in [3.63, 3.8) is 0 Å². The number of sulfonamides is 1. The van der Waals surface area contributed by atoms with E-state index in [0.29, 0.717) is 36.9 Å². The monoisotopic (exact) mass is 288 g/mol. The summed E-state index contributed by atoms with van der Waals surface area (Å²) in [7, 11) is -3.48. The van der Waals surface area contributed by atoms with Crippen molar-refractivity contribution in [2.75, 3.05) is 25.5 Å². The third-order valence-corrected chi connectivity index (χ3v) is 3.47. The van der Waals surface area contributed by atoms with E-state index in [-0.39, 0.29) is 5.75 Å². The summed E-state index contributed by atoms with van der Waals surface area (Å²) in [4.78, 5) is 0. The van der Waals surface area contributed by atoms with Gasteiger partial charge in [-0.1, -0.05) is 6.07 Å². The average molecular weight is 288 g/mol. The van der Waals surface area contributed by atoms with E-state index in [1.807, 2.05) is 13.8 Å². The van der Waals surface area contributed by atoms with Gasteiger partial charge in [-0.05, 0) is 26.0 Å². The molecule has 0 fully saturated rings. The number of benzene rings is 1. The van der Waals surface area contributed by atoms with Gasteiger partial charge in [-0.2, -0.15) is 0 Å². The van der Waals surface area contributed by atoms with Crippen LogP contribution in [-0.2, 0) is 10.0 Å². The summed E-state index contributed by atoms with van der Waals surface area (Å²) in [5.74, 6) is 1.01. The first-order chi connectivity index (χ1) is 9.02. The Hall–Kier alpha value is -1.47. The zero-order chi connectivity index (χ0) is 14.3. The summed E-state index contributed by atoms with van der Waals surface area (Å²) in [6, 6.07) is 4.82. The first-order valence-electron chi connectivity index (χ1n) is 6.17. The van der Waals surface area contributed by atoms with Gasteiger partial charge in [-0.25, -0.2) is 8.42 Å². The minimum Gasteiger partial charge on any atom is -0.577 e. The number of ether oxygens (including phenoxy) is 2. The Morgan fingerprint density at radius 3 is 2.37 bits per heavy atom. The van der Waals surface area contributed by atoms with Crippen molar-refractivity contribution < 1.29 is 23.6 Å². The van der Waals surface area contributed by atoms with Crippen LogP contribution in [0.4, 0.5) is 5.69 Å². The van der Waals surface area contributed by atoms with Crippen LogP contribution in [0.3, 0.4) is 0 Å². The molecule has 6 nitrogen and oxygen atoms in total. The zero-order valence-corrected chi connectivity index (χ0v) is 12.1. The predicted molar refractivity (Wildman–Crippen MR) is 73.3 cm³/mol. The fourth-order valence-electron chi connectivity index (χ4n) is 1.49.